The average Bonchev–Trinajstić information content (AvgIpc) is 3.13. The zero-order valence-corrected chi connectivity index (χ0v) is 16.5. The average molecular weight is 400 g/mol. The van der Waals surface area contributed by atoms with E-state index in [1.165, 1.54) is 18.2 Å². The third-order valence-corrected chi connectivity index (χ3v) is 5.57. The molecule has 8 nitrogen and oxygen atoms in total. The van der Waals surface area contributed by atoms with E-state index in [0.717, 1.165) is 12.8 Å². The van der Waals surface area contributed by atoms with Crippen LogP contribution in [0.25, 0.3) is 0 Å². The highest BCUT2D eigenvalue weighted by atomic mass is 32.2. The summed E-state index contributed by atoms with van der Waals surface area (Å²) in [7, 11) is -3.80. The van der Waals surface area contributed by atoms with Crippen LogP contribution in [0.5, 0.6) is 0 Å². The van der Waals surface area contributed by atoms with Crippen molar-refractivity contribution in [2.45, 2.75) is 50.2 Å². The fourth-order valence-electron chi connectivity index (χ4n) is 2.73. The smallest absolute Gasteiger partial charge is 0.337 e. The standard InChI is InChI=1S/C18H28N2O6S/c1-13(2)25-10-4-8-19-17-7-6-15(11-16(17)18(21)22)27(23,24)20-12-14-5-3-9-26-14/h6-7,11,13-14,19-20H,3-5,8-10,12H2,1-2H3,(H,21,22)/t14-/m1/s1. The summed E-state index contributed by atoms with van der Waals surface area (Å²) in [5.41, 5.74) is 0.296. The molecule has 2 rings (SSSR count). The Morgan fingerprint density at radius 1 is 1.41 bits per heavy atom. The third-order valence-electron chi connectivity index (χ3n) is 4.14. The van der Waals surface area contributed by atoms with Crippen molar-refractivity contribution in [3.63, 3.8) is 0 Å². The van der Waals surface area contributed by atoms with Crippen molar-refractivity contribution in [3.8, 4) is 0 Å². The number of hydrogen-bond donors (Lipinski definition) is 3. The van der Waals surface area contributed by atoms with Gasteiger partial charge in [-0.25, -0.2) is 17.9 Å². The molecule has 0 saturated carbocycles. The molecule has 0 unspecified atom stereocenters. The Bertz CT molecular complexity index is 729. The molecule has 1 heterocycles. The van der Waals surface area contributed by atoms with Crippen LogP contribution in [0, 0.1) is 0 Å². The molecule has 1 aliphatic heterocycles. The number of ether oxygens (including phenoxy) is 2. The Morgan fingerprint density at radius 2 is 2.19 bits per heavy atom. The van der Waals surface area contributed by atoms with Gasteiger partial charge in [0.25, 0.3) is 0 Å². The first-order valence-electron chi connectivity index (χ1n) is 9.13. The van der Waals surface area contributed by atoms with Gasteiger partial charge in [-0.3, -0.25) is 0 Å². The second-order valence-electron chi connectivity index (χ2n) is 6.70. The SMILES string of the molecule is CC(C)OCCCNc1ccc(S(=O)(=O)NC[C@H]2CCCO2)cc1C(=O)O. The number of nitrogens with one attached hydrogen (secondary N) is 2. The Kier molecular flexibility index (Phi) is 8.03. The molecule has 0 bridgehead atoms. The van der Waals surface area contributed by atoms with Gasteiger partial charge in [0, 0.05) is 32.0 Å². The molecule has 1 fully saturated rings. The monoisotopic (exact) mass is 400 g/mol. The molecule has 0 aromatic heterocycles. The van der Waals surface area contributed by atoms with Gasteiger partial charge in [0.15, 0.2) is 0 Å². The second kappa shape index (κ2) is 10.0. The van der Waals surface area contributed by atoms with Crippen molar-refractivity contribution in [1.29, 1.82) is 0 Å². The van der Waals surface area contributed by atoms with E-state index in [1.54, 1.807) is 0 Å². The predicted octanol–water partition coefficient (Wildman–Crippen LogP) is 2.07. The first-order chi connectivity index (χ1) is 12.8. The van der Waals surface area contributed by atoms with Crippen LogP contribution in [0.2, 0.25) is 0 Å². The number of carbonyl (C=O) groups is 1. The Hall–Kier alpha value is -1.68. The van der Waals surface area contributed by atoms with Gasteiger partial charge in [-0.1, -0.05) is 0 Å². The summed E-state index contributed by atoms with van der Waals surface area (Å²) in [5.74, 6) is -1.19. The summed E-state index contributed by atoms with van der Waals surface area (Å²) in [5, 5.41) is 12.5. The first kappa shape index (κ1) is 21.6. The molecule has 152 valence electrons. The molecule has 0 aliphatic carbocycles. The summed E-state index contributed by atoms with van der Waals surface area (Å²) in [6.07, 6.45) is 2.45. The number of aromatic carboxylic acids is 1. The lowest BCUT2D eigenvalue weighted by Crippen LogP contribution is -2.32. The normalized spacial score (nSPS) is 17.4. The van der Waals surface area contributed by atoms with Gasteiger partial charge in [-0.15, -0.1) is 0 Å². The molecule has 1 saturated heterocycles. The zero-order valence-electron chi connectivity index (χ0n) is 15.7. The highest BCUT2D eigenvalue weighted by Gasteiger charge is 2.22. The molecule has 3 N–H and O–H groups in total. The molecule has 0 spiro atoms. The number of benzene rings is 1. The molecule has 0 amide bonds. The molecule has 1 atom stereocenters. The molecule has 1 aromatic carbocycles. The molecule has 0 radical (unpaired) electrons. The topological polar surface area (TPSA) is 114 Å². The minimum atomic E-state index is -3.80. The highest BCUT2D eigenvalue weighted by molar-refractivity contribution is 7.89. The maximum atomic E-state index is 12.4. The fourth-order valence-corrected chi connectivity index (χ4v) is 3.82. The quantitative estimate of drug-likeness (QED) is 0.487. The lowest BCUT2D eigenvalue weighted by atomic mass is 10.2. The summed E-state index contributed by atoms with van der Waals surface area (Å²) < 4.78 is 38.2. The van der Waals surface area contributed by atoms with Crippen LogP contribution in [-0.2, 0) is 19.5 Å². The van der Waals surface area contributed by atoms with Crippen molar-refractivity contribution >= 4 is 21.7 Å². The predicted molar refractivity (Wildman–Crippen MR) is 102 cm³/mol. The molecule has 1 aliphatic rings. The summed E-state index contributed by atoms with van der Waals surface area (Å²) in [6.45, 7) is 5.80. The summed E-state index contributed by atoms with van der Waals surface area (Å²) in [6, 6.07) is 4.05. The van der Waals surface area contributed by atoms with Gasteiger partial charge >= 0.3 is 5.97 Å². The number of carboxylic acids is 1. The van der Waals surface area contributed by atoms with Crippen molar-refractivity contribution < 1.29 is 27.8 Å². The number of rotatable bonds is 11. The van der Waals surface area contributed by atoms with E-state index in [2.05, 4.69) is 10.0 Å². The van der Waals surface area contributed by atoms with Gasteiger partial charge in [-0.2, -0.15) is 0 Å². The minimum Gasteiger partial charge on any atom is -0.478 e. The second-order valence-corrected chi connectivity index (χ2v) is 8.47. The molecule has 27 heavy (non-hydrogen) atoms. The van der Waals surface area contributed by atoms with Gasteiger partial charge in [0.1, 0.15) is 0 Å². The van der Waals surface area contributed by atoms with Crippen LogP contribution in [0.3, 0.4) is 0 Å². The van der Waals surface area contributed by atoms with E-state index < -0.39 is 16.0 Å². The van der Waals surface area contributed by atoms with Crippen LogP contribution in [0.1, 0.15) is 43.5 Å². The van der Waals surface area contributed by atoms with Gasteiger partial charge in [0.2, 0.25) is 10.0 Å². The van der Waals surface area contributed by atoms with E-state index in [-0.39, 0.29) is 29.2 Å². The Balaban J connectivity index is 2.01. The van der Waals surface area contributed by atoms with E-state index in [0.29, 0.717) is 31.9 Å². The van der Waals surface area contributed by atoms with E-state index in [9.17, 15) is 18.3 Å². The van der Waals surface area contributed by atoms with Crippen molar-refractivity contribution in [2.75, 3.05) is 31.6 Å². The Labute approximate surface area is 160 Å². The van der Waals surface area contributed by atoms with Crippen molar-refractivity contribution in [3.05, 3.63) is 23.8 Å². The third kappa shape index (κ3) is 6.76. The van der Waals surface area contributed by atoms with Crippen LogP contribution in [-0.4, -0.2) is 58.0 Å². The fraction of sp³-hybridized carbons (Fsp3) is 0.611. The lowest BCUT2D eigenvalue weighted by Gasteiger charge is -2.14. The van der Waals surface area contributed by atoms with E-state index in [1.807, 2.05) is 13.8 Å². The maximum absolute atomic E-state index is 12.4. The molecule has 1 aromatic rings. The van der Waals surface area contributed by atoms with Crippen molar-refractivity contribution in [2.24, 2.45) is 0 Å². The van der Waals surface area contributed by atoms with E-state index in [4.69, 9.17) is 9.47 Å². The highest BCUT2D eigenvalue weighted by Crippen LogP contribution is 2.21. The number of carboxylic acid groups (broad SMARTS) is 1. The number of hydrogen-bond acceptors (Lipinski definition) is 6. The van der Waals surface area contributed by atoms with Crippen molar-refractivity contribution in [1.82, 2.24) is 4.72 Å². The lowest BCUT2D eigenvalue weighted by molar-refractivity contribution is 0.0697. The largest absolute Gasteiger partial charge is 0.478 e. The van der Waals surface area contributed by atoms with Crippen LogP contribution >= 0.6 is 0 Å². The van der Waals surface area contributed by atoms with E-state index >= 15 is 0 Å². The molecule has 9 heteroatoms. The minimum absolute atomic E-state index is 0.0772. The first-order valence-corrected chi connectivity index (χ1v) is 10.6. The van der Waals surface area contributed by atoms with Crippen LogP contribution in [0.4, 0.5) is 5.69 Å². The number of sulfonamides is 1. The van der Waals surface area contributed by atoms with Gasteiger partial charge < -0.3 is 19.9 Å². The Morgan fingerprint density at radius 3 is 2.81 bits per heavy atom. The molecular weight excluding hydrogens is 372 g/mol. The number of anilines is 1. The van der Waals surface area contributed by atoms with Crippen LogP contribution in [0.15, 0.2) is 23.1 Å². The maximum Gasteiger partial charge on any atom is 0.337 e. The van der Waals surface area contributed by atoms with Gasteiger partial charge in [0.05, 0.1) is 22.7 Å². The molecular formula is C18H28N2O6S. The summed E-state index contributed by atoms with van der Waals surface area (Å²) in [4.78, 5) is 11.5. The summed E-state index contributed by atoms with van der Waals surface area (Å²) >= 11 is 0. The van der Waals surface area contributed by atoms with Crippen LogP contribution < -0.4 is 10.0 Å². The van der Waals surface area contributed by atoms with Gasteiger partial charge in [-0.05, 0) is 51.3 Å². The zero-order chi connectivity index (χ0) is 19.9.